The molecular formula is C16H17F2NO3. The van der Waals surface area contributed by atoms with E-state index in [0.29, 0.717) is 5.56 Å². The molecule has 0 atom stereocenters. The SMILES string of the molecule is CC(C)(C)C(=O)n1cc(CCC(=O)O)c2cc(F)cc(F)c21. The van der Waals surface area contributed by atoms with Crippen LogP contribution in [0.15, 0.2) is 18.3 Å². The quantitative estimate of drug-likeness (QED) is 0.942. The molecule has 0 radical (unpaired) electrons. The maximum atomic E-state index is 14.1. The first-order valence-corrected chi connectivity index (χ1v) is 6.87. The summed E-state index contributed by atoms with van der Waals surface area (Å²) in [7, 11) is 0. The van der Waals surface area contributed by atoms with Crippen LogP contribution in [0.1, 0.15) is 37.6 Å². The lowest BCUT2D eigenvalue weighted by atomic mass is 9.95. The van der Waals surface area contributed by atoms with Crippen LogP contribution in [0.25, 0.3) is 10.9 Å². The third kappa shape index (κ3) is 3.00. The highest BCUT2D eigenvalue weighted by Gasteiger charge is 2.27. The number of carbonyl (C=O) groups is 2. The molecule has 0 fully saturated rings. The summed E-state index contributed by atoms with van der Waals surface area (Å²) in [5, 5.41) is 9.01. The minimum Gasteiger partial charge on any atom is -0.481 e. The fourth-order valence-corrected chi connectivity index (χ4v) is 2.31. The number of aromatic nitrogens is 1. The molecule has 1 aromatic carbocycles. The summed E-state index contributed by atoms with van der Waals surface area (Å²) in [6, 6.07) is 1.85. The van der Waals surface area contributed by atoms with E-state index in [-0.39, 0.29) is 29.7 Å². The maximum absolute atomic E-state index is 14.1. The Morgan fingerprint density at radius 3 is 2.41 bits per heavy atom. The zero-order valence-electron chi connectivity index (χ0n) is 12.6. The average molecular weight is 309 g/mol. The number of aryl methyl sites for hydroxylation is 1. The van der Waals surface area contributed by atoms with Crippen molar-refractivity contribution in [2.75, 3.05) is 0 Å². The zero-order valence-corrected chi connectivity index (χ0v) is 12.6. The molecule has 2 aromatic rings. The second kappa shape index (κ2) is 5.51. The number of hydrogen-bond donors (Lipinski definition) is 1. The molecule has 1 heterocycles. The Balaban J connectivity index is 2.67. The largest absolute Gasteiger partial charge is 0.481 e. The van der Waals surface area contributed by atoms with Crippen molar-refractivity contribution in [2.45, 2.75) is 33.6 Å². The topological polar surface area (TPSA) is 59.3 Å². The van der Waals surface area contributed by atoms with Gasteiger partial charge in [-0.3, -0.25) is 14.2 Å². The molecule has 0 saturated carbocycles. The number of nitrogens with zero attached hydrogens (tertiary/aromatic N) is 1. The minimum absolute atomic E-state index is 0.0123. The Bertz CT molecular complexity index is 757. The van der Waals surface area contributed by atoms with Gasteiger partial charge in [-0.25, -0.2) is 8.78 Å². The first-order chi connectivity index (χ1) is 10.1. The molecular weight excluding hydrogens is 292 g/mol. The molecule has 1 N–H and O–H groups in total. The minimum atomic E-state index is -1.01. The van der Waals surface area contributed by atoms with Crippen molar-refractivity contribution in [1.29, 1.82) is 0 Å². The van der Waals surface area contributed by atoms with Crippen LogP contribution in [-0.2, 0) is 11.2 Å². The number of carbonyl (C=O) groups excluding carboxylic acids is 1. The van der Waals surface area contributed by atoms with Gasteiger partial charge in [0, 0.05) is 29.5 Å². The van der Waals surface area contributed by atoms with E-state index in [4.69, 9.17) is 5.11 Å². The van der Waals surface area contributed by atoms with Crippen LogP contribution in [-0.4, -0.2) is 21.6 Å². The lowest BCUT2D eigenvalue weighted by Crippen LogP contribution is -2.26. The number of hydrogen-bond acceptors (Lipinski definition) is 2. The highest BCUT2D eigenvalue weighted by molar-refractivity contribution is 5.97. The van der Waals surface area contributed by atoms with Gasteiger partial charge in [-0.15, -0.1) is 0 Å². The normalized spacial score (nSPS) is 11.9. The second-order valence-corrected chi connectivity index (χ2v) is 6.26. The van der Waals surface area contributed by atoms with Crippen molar-refractivity contribution in [1.82, 2.24) is 4.57 Å². The molecule has 0 aliphatic rings. The molecule has 0 spiro atoms. The van der Waals surface area contributed by atoms with Gasteiger partial charge < -0.3 is 5.11 Å². The Morgan fingerprint density at radius 1 is 1.23 bits per heavy atom. The fourth-order valence-electron chi connectivity index (χ4n) is 2.31. The molecule has 1 aromatic heterocycles. The van der Waals surface area contributed by atoms with E-state index in [1.165, 1.54) is 6.20 Å². The van der Waals surface area contributed by atoms with Gasteiger partial charge in [-0.1, -0.05) is 20.8 Å². The lowest BCUT2D eigenvalue weighted by molar-refractivity contribution is -0.136. The predicted molar refractivity (Wildman–Crippen MR) is 77.9 cm³/mol. The Morgan fingerprint density at radius 2 is 1.86 bits per heavy atom. The molecule has 0 unspecified atom stereocenters. The van der Waals surface area contributed by atoms with Gasteiger partial charge in [-0.2, -0.15) is 0 Å². The van der Waals surface area contributed by atoms with Crippen LogP contribution in [0, 0.1) is 17.0 Å². The maximum Gasteiger partial charge on any atom is 0.303 e. The summed E-state index contributed by atoms with van der Waals surface area (Å²) in [5.41, 5.74) is -0.327. The van der Waals surface area contributed by atoms with Gasteiger partial charge in [0.2, 0.25) is 5.91 Å². The van der Waals surface area contributed by atoms with Gasteiger partial charge >= 0.3 is 5.97 Å². The number of fused-ring (bicyclic) bond motifs is 1. The summed E-state index contributed by atoms with van der Waals surface area (Å²) in [6.45, 7) is 5.08. The van der Waals surface area contributed by atoms with Gasteiger partial charge in [0.05, 0.1) is 5.52 Å². The van der Waals surface area contributed by atoms with Crippen molar-refractivity contribution in [3.05, 3.63) is 35.5 Å². The third-order valence-electron chi connectivity index (χ3n) is 3.37. The fraction of sp³-hybridized carbons (Fsp3) is 0.375. The van der Waals surface area contributed by atoms with E-state index in [2.05, 4.69) is 0 Å². The van der Waals surface area contributed by atoms with E-state index in [0.717, 1.165) is 16.7 Å². The third-order valence-corrected chi connectivity index (χ3v) is 3.37. The summed E-state index contributed by atoms with van der Waals surface area (Å²) >= 11 is 0. The van der Waals surface area contributed by atoms with E-state index in [9.17, 15) is 18.4 Å². The van der Waals surface area contributed by atoms with Crippen LogP contribution >= 0.6 is 0 Å². The second-order valence-electron chi connectivity index (χ2n) is 6.26. The molecule has 4 nitrogen and oxygen atoms in total. The number of carboxylic acids is 1. The first kappa shape index (κ1) is 16.1. The van der Waals surface area contributed by atoms with Crippen molar-refractivity contribution >= 4 is 22.8 Å². The summed E-state index contributed by atoms with van der Waals surface area (Å²) in [4.78, 5) is 23.2. The van der Waals surface area contributed by atoms with Crippen molar-refractivity contribution in [2.24, 2.45) is 5.41 Å². The lowest BCUT2D eigenvalue weighted by Gasteiger charge is -2.17. The number of aliphatic carboxylic acids is 1. The van der Waals surface area contributed by atoms with Crippen LogP contribution in [0.5, 0.6) is 0 Å². The average Bonchev–Trinajstić information content (AvgIpc) is 2.73. The molecule has 0 bridgehead atoms. The number of carboxylic acid groups (broad SMARTS) is 1. The van der Waals surface area contributed by atoms with Crippen LogP contribution in [0.3, 0.4) is 0 Å². The van der Waals surface area contributed by atoms with E-state index < -0.39 is 23.0 Å². The standard InChI is InChI=1S/C16H17F2NO3/c1-16(2,3)15(22)19-8-9(4-5-13(20)21)11-6-10(17)7-12(18)14(11)19/h6-8H,4-5H2,1-3H3,(H,20,21). The molecule has 0 amide bonds. The number of benzene rings is 1. The highest BCUT2D eigenvalue weighted by Crippen LogP contribution is 2.29. The molecule has 6 heteroatoms. The van der Waals surface area contributed by atoms with Crippen molar-refractivity contribution in [3.8, 4) is 0 Å². The van der Waals surface area contributed by atoms with Crippen LogP contribution in [0.4, 0.5) is 8.78 Å². The summed E-state index contributed by atoms with van der Waals surface area (Å²) in [5.74, 6) is -2.96. The Hall–Kier alpha value is -2.24. The highest BCUT2D eigenvalue weighted by atomic mass is 19.1. The molecule has 2 rings (SSSR count). The van der Waals surface area contributed by atoms with Crippen molar-refractivity contribution in [3.63, 3.8) is 0 Å². The monoisotopic (exact) mass is 309 g/mol. The Kier molecular flexibility index (Phi) is 4.04. The predicted octanol–water partition coefficient (Wildman–Crippen LogP) is 3.62. The van der Waals surface area contributed by atoms with Gasteiger partial charge in [0.25, 0.3) is 0 Å². The Labute approximate surface area is 126 Å². The van der Waals surface area contributed by atoms with Gasteiger partial charge in [0.1, 0.15) is 5.82 Å². The van der Waals surface area contributed by atoms with Crippen LogP contribution in [0.2, 0.25) is 0 Å². The number of halogens is 2. The molecule has 0 aliphatic heterocycles. The molecule has 0 saturated heterocycles. The summed E-state index contributed by atoms with van der Waals surface area (Å²) < 4.78 is 28.8. The van der Waals surface area contributed by atoms with Crippen LogP contribution < -0.4 is 0 Å². The number of rotatable bonds is 3. The molecule has 22 heavy (non-hydrogen) atoms. The van der Waals surface area contributed by atoms with Gasteiger partial charge in [0.15, 0.2) is 5.82 Å². The molecule has 0 aliphatic carbocycles. The van der Waals surface area contributed by atoms with E-state index >= 15 is 0 Å². The van der Waals surface area contributed by atoms with E-state index in [1.54, 1.807) is 20.8 Å². The molecule has 118 valence electrons. The summed E-state index contributed by atoms with van der Waals surface area (Å²) in [6.07, 6.45) is 1.32. The first-order valence-electron chi connectivity index (χ1n) is 6.87. The van der Waals surface area contributed by atoms with E-state index in [1.807, 2.05) is 0 Å². The zero-order chi connectivity index (χ0) is 16.7. The van der Waals surface area contributed by atoms with Gasteiger partial charge in [-0.05, 0) is 18.1 Å². The van der Waals surface area contributed by atoms with Crippen molar-refractivity contribution < 1.29 is 23.5 Å². The smallest absolute Gasteiger partial charge is 0.303 e.